The van der Waals surface area contributed by atoms with Crippen LogP contribution in [-0.4, -0.2) is 60.1 Å². The van der Waals surface area contributed by atoms with Gasteiger partial charge in [0.25, 0.3) is 0 Å². The average Bonchev–Trinajstić information content (AvgIpc) is 2.90. The summed E-state index contributed by atoms with van der Waals surface area (Å²) >= 11 is 0. The van der Waals surface area contributed by atoms with Crippen molar-refractivity contribution in [3.05, 3.63) is 11.6 Å². The number of hydrogen-bond acceptors (Lipinski definition) is 3. The topological polar surface area (TPSA) is 43.8 Å². The lowest BCUT2D eigenvalue weighted by atomic mass is 10.1. The summed E-state index contributed by atoms with van der Waals surface area (Å²) in [5.41, 5.74) is 1.41. The van der Waals surface area contributed by atoms with Crippen LogP contribution in [0.1, 0.15) is 27.7 Å². The van der Waals surface area contributed by atoms with Gasteiger partial charge < -0.3 is 10.0 Å². The van der Waals surface area contributed by atoms with Gasteiger partial charge in [-0.2, -0.15) is 0 Å². The van der Waals surface area contributed by atoms with Crippen molar-refractivity contribution >= 4 is 5.91 Å². The lowest BCUT2D eigenvalue weighted by Crippen LogP contribution is -2.50. The molecule has 2 aliphatic rings. The van der Waals surface area contributed by atoms with Crippen molar-refractivity contribution in [2.24, 2.45) is 17.3 Å². The minimum atomic E-state index is 0.108. The van der Waals surface area contributed by atoms with Gasteiger partial charge in [-0.15, -0.1) is 0 Å². The van der Waals surface area contributed by atoms with Crippen LogP contribution in [0, 0.1) is 17.3 Å². The van der Waals surface area contributed by atoms with Crippen molar-refractivity contribution in [2.45, 2.75) is 27.7 Å². The molecule has 1 N–H and O–H groups in total. The fourth-order valence-corrected chi connectivity index (χ4v) is 3.35. The van der Waals surface area contributed by atoms with E-state index < -0.39 is 0 Å². The van der Waals surface area contributed by atoms with Crippen molar-refractivity contribution in [1.82, 2.24) is 9.80 Å². The van der Waals surface area contributed by atoms with Crippen LogP contribution in [0.4, 0.5) is 0 Å². The number of amides is 1. The van der Waals surface area contributed by atoms with Crippen LogP contribution in [0.25, 0.3) is 0 Å². The van der Waals surface area contributed by atoms with Gasteiger partial charge in [0.2, 0.25) is 5.91 Å². The third kappa shape index (κ3) is 3.07. The minimum absolute atomic E-state index is 0.108. The van der Waals surface area contributed by atoms with E-state index in [2.05, 4.69) is 38.7 Å². The predicted molar refractivity (Wildman–Crippen MR) is 80.3 cm³/mol. The quantitative estimate of drug-likeness (QED) is 0.791. The smallest absolute Gasteiger partial charge is 0.226 e. The number of aliphatic hydroxyl groups excluding tert-OH is 1. The molecule has 1 aliphatic heterocycles. The van der Waals surface area contributed by atoms with E-state index in [-0.39, 0.29) is 17.9 Å². The zero-order valence-electron chi connectivity index (χ0n) is 13.2. The number of hydrogen-bond donors (Lipinski definition) is 1. The Balaban J connectivity index is 1.92. The molecule has 2 fully saturated rings. The van der Waals surface area contributed by atoms with Crippen molar-refractivity contribution in [1.29, 1.82) is 0 Å². The molecule has 1 saturated carbocycles. The van der Waals surface area contributed by atoms with Gasteiger partial charge in [0, 0.05) is 32.7 Å². The molecule has 0 aromatic heterocycles. The molecule has 1 aliphatic carbocycles. The van der Waals surface area contributed by atoms with Crippen LogP contribution in [0.5, 0.6) is 0 Å². The molecule has 0 spiro atoms. The highest BCUT2D eigenvalue weighted by Crippen LogP contribution is 2.60. The molecule has 0 bridgehead atoms. The number of carbonyl (C=O) groups is 1. The lowest BCUT2D eigenvalue weighted by Gasteiger charge is -2.34. The van der Waals surface area contributed by atoms with Crippen LogP contribution < -0.4 is 0 Å². The van der Waals surface area contributed by atoms with Gasteiger partial charge in [-0.25, -0.2) is 0 Å². The minimum Gasteiger partial charge on any atom is -0.395 e. The standard InChI is InChI=1S/C16H28N2O2/c1-12(2)11-13-14(16(13,3)4)15(20)18-7-5-17(6-8-18)9-10-19/h11,13-14,19H,5-10H2,1-4H3/t13-,14+/m0/s1. The summed E-state index contributed by atoms with van der Waals surface area (Å²) in [6.07, 6.45) is 2.25. The third-order valence-electron chi connectivity index (χ3n) is 4.79. The van der Waals surface area contributed by atoms with Crippen LogP contribution in [0.15, 0.2) is 11.6 Å². The summed E-state index contributed by atoms with van der Waals surface area (Å²) < 4.78 is 0. The average molecular weight is 280 g/mol. The molecular formula is C16H28N2O2. The summed E-state index contributed by atoms with van der Waals surface area (Å²) in [6.45, 7) is 12.9. The number of nitrogens with zero attached hydrogens (tertiary/aromatic N) is 2. The van der Waals surface area contributed by atoms with E-state index in [9.17, 15) is 4.79 Å². The third-order valence-corrected chi connectivity index (χ3v) is 4.79. The van der Waals surface area contributed by atoms with Gasteiger partial charge in [0.05, 0.1) is 12.5 Å². The number of rotatable bonds is 4. The lowest BCUT2D eigenvalue weighted by molar-refractivity contribution is -0.135. The maximum absolute atomic E-state index is 12.7. The Morgan fingerprint density at radius 2 is 1.85 bits per heavy atom. The molecule has 2 atom stereocenters. The summed E-state index contributed by atoms with van der Waals surface area (Å²) in [4.78, 5) is 16.9. The highest BCUT2D eigenvalue weighted by Gasteiger charge is 2.61. The maximum atomic E-state index is 12.7. The second-order valence-corrected chi connectivity index (χ2v) is 6.96. The number of β-amino-alcohol motifs (C(OH)–C–C–N with tert-alkyl or cyclic N) is 1. The van der Waals surface area contributed by atoms with Crippen molar-refractivity contribution < 1.29 is 9.90 Å². The predicted octanol–water partition coefficient (Wildman–Crippen LogP) is 1.36. The van der Waals surface area contributed by atoms with Crippen molar-refractivity contribution in [3.8, 4) is 0 Å². The molecule has 0 unspecified atom stereocenters. The second kappa shape index (κ2) is 5.86. The molecule has 4 heteroatoms. The monoisotopic (exact) mass is 280 g/mol. The van der Waals surface area contributed by atoms with E-state index in [1.165, 1.54) is 5.57 Å². The molecule has 20 heavy (non-hydrogen) atoms. The van der Waals surface area contributed by atoms with E-state index in [4.69, 9.17) is 5.11 Å². The molecule has 2 rings (SSSR count). The van der Waals surface area contributed by atoms with E-state index in [0.29, 0.717) is 11.8 Å². The second-order valence-electron chi connectivity index (χ2n) is 6.96. The first-order valence-electron chi connectivity index (χ1n) is 7.65. The first-order chi connectivity index (χ1) is 9.37. The van der Waals surface area contributed by atoms with Gasteiger partial charge in [-0.3, -0.25) is 9.69 Å². The number of piperazine rings is 1. The van der Waals surface area contributed by atoms with Crippen molar-refractivity contribution in [3.63, 3.8) is 0 Å². The molecule has 4 nitrogen and oxygen atoms in total. The normalized spacial score (nSPS) is 29.1. The van der Waals surface area contributed by atoms with Crippen LogP contribution >= 0.6 is 0 Å². The van der Waals surface area contributed by atoms with Crippen LogP contribution in [0.3, 0.4) is 0 Å². The van der Waals surface area contributed by atoms with E-state index in [0.717, 1.165) is 32.7 Å². The van der Waals surface area contributed by atoms with Gasteiger partial charge >= 0.3 is 0 Å². The molecular weight excluding hydrogens is 252 g/mol. The summed E-state index contributed by atoms with van der Waals surface area (Å²) in [5, 5.41) is 8.95. The van der Waals surface area contributed by atoms with Gasteiger partial charge in [-0.1, -0.05) is 25.5 Å². The Labute approximate surface area is 122 Å². The van der Waals surface area contributed by atoms with E-state index in [1.54, 1.807) is 0 Å². The summed E-state index contributed by atoms with van der Waals surface area (Å²) in [7, 11) is 0. The SMILES string of the molecule is CC(C)=C[C@H]1[C@H](C(=O)N2CCN(CCO)CC2)C1(C)C. The zero-order valence-corrected chi connectivity index (χ0v) is 13.2. The number of aliphatic hydroxyl groups is 1. The molecule has 1 amide bonds. The van der Waals surface area contributed by atoms with Gasteiger partial charge in [-0.05, 0) is 25.2 Å². The fourth-order valence-electron chi connectivity index (χ4n) is 3.35. The Morgan fingerprint density at radius 3 is 2.35 bits per heavy atom. The molecule has 1 heterocycles. The highest BCUT2D eigenvalue weighted by atomic mass is 16.3. The van der Waals surface area contributed by atoms with Crippen molar-refractivity contribution in [2.75, 3.05) is 39.3 Å². The number of allylic oxidation sites excluding steroid dienone is 2. The summed E-state index contributed by atoms with van der Waals surface area (Å²) in [5.74, 6) is 0.874. The largest absolute Gasteiger partial charge is 0.395 e. The molecule has 1 saturated heterocycles. The highest BCUT2D eigenvalue weighted by molar-refractivity contribution is 5.84. The summed E-state index contributed by atoms with van der Waals surface area (Å²) in [6, 6.07) is 0. The Bertz CT molecular complexity index is 391. The van der Waals surface area contributed by atoms with Gasteiger partial charge in [0.15, 0.2) is 0 Å². The molecule has 0 aromatic rings. The molecule has 0 radical (unpaired) electrons. The van der Waals surface area contributed by atoms with E-state index in [1.807, 2.05) is 4.90 Å². The Morgan fingerprint density at radius 1 is 1.25 bits per heavy atom. The number of carbonyl (C=O) groups excluding carboxylic acids is 1. The fraction of sp³-hybridized carbons (Fsp3) is 0.812. The molecule has 0 aromatic carbocycles. The maximum Gasteiger partial charge on any atom is 0.226 e. The Hall–Kier alpha value is -0.870. The van der Waals surface area contributed by atoms with Crippen LogP contribution in [0.2, 0.25) is 0 Å². The van der Waals surface area contributed by atoms with Gasteiger partial charge in [0.1, 0.15) is 0 Å². The zero-order chi connectivity index (χ0) is 14.9. The Kier molecular flexibility index (Phi) is 4.55. The first-order valence-corrected chi connectivity index (χ1v) is 7.65. The molecule has 114 valence electrons. The van der Waals surface area contributed by atoms with E-state index >= 15 is 0 Å². The first kappa shape index (κ1) is 15.5. The van der Waals surface area contributed by atoms with Crippen LogP contribution in [-0.2, 0) is 4.79 Å².